The van der Waals surface area contributed by atoms with Crippen LogP contribution in [0.3, 0.4) is 0 Å². The fraction of sp³-hybridized carbons (Fsp3) is 0.625. The molecular formula is C16H26O4. The zero-order chi connectivity index (χ0) is 15.4. The van der Waals surface area contributed by atoms with Crippen LogP contribution in [0.2, 0.25) is 0 Å². The highest BCUT2D eigenvalue weighted by atomic mass is 16.5. The van der Waals surface area contributed by atoms with Gasteiger partial charge in [0.25, 0.3) is 0 Å². The summed E-state index contributed by atoms with van der Waals surface area (Å²) in [5.41, 5.74) is 1.25. The van der Waals surface area contributed by atoms with E-state index in [0.29, 0.717) is 0 Å². The molecular weight excluding hydrogens is 256 g/mol. The van der Waals surface area contributed by atoms with E-state index in [-0.39, 0.29) is 18.6 Å². The maximum absolute atomic E-state index is 11.4. The van der Waals surface area contributed by atoms with Gasteiger partial charge in [-0.2, -0.15) is 0 Å². The van der Waals surface area contributed by atoms with Crippen molar-refractivity contribution < 1.29 is 19.4 Å². The molecule has 114 valence electrons. The highest BCUT2D eigenvalue weighted by Crippen LogP contribution is 2.08. The quantitative estimate of drug-likeness (QED) is 0.289. The second-order valence-electron chi connectivity index (χ2n) is 4.92. The average molecular weight is 282 g/mol. The number of carbonyl (C=O) groups excluding carboxylic acids is 2. The SMILES string of the molecule is CCCCC/C(C)=C/C=C/C(O)CC(=O)CC(=O)OC. The van der Waals surface area contributed by atoms with Crippen molar-refractivity contribution in [2.24, 2.45) is 0 Å². The molecule has 0 spiro atoms. The van der Waals surface area contributed by atoms with Gasteiger partial charge in [-0.1, -0.05) is 43.6 Å². The Kier molecular flexibility index (Phi) is 10.6. The molecule has 0 aromatic heterocycles. The lowest BCUT2D eigenvalue weighted by atomic mass is 10.1. The van der Waals surface area contributed by atoms with E-state index in [9.17, 15) is 14.7 Å². The summed E-state index contributed by atoms with van der Waals surface area (Å²) in [7, 11) is 1.23. The van der Waals surface area contributed by atoms with Crippen molar-refractivity contribution in [1.29, 1.82) is 0 Å². The van der Waals surface area contributed by atoms with Crippen LogP contribution in [0.4, 0.5) is 0 Å². The molecule has 1 unspecified atom stereocenters. The molecule has 0 radical (unpaired) electrons. The van der Waals surface area contributed by atoms with Crippen molar-refractivity contribution in [2.45, 2.75) is 58.5 Å². The molecule has 0 amide bonds. The number of ketones is 1. The summed E-state index contributed by atoms with van der Waals surface area (Å²) in [5.74, 6) is -0.893. The molecule has 0 saturated carbocycles. The second-order valence-corrected chi connectivity index (χ2v) is 4.92. The number of hydrogen-bond donors (Lipinski definition) is 1. The molecule has 0 aromatic carbocycles. The van der Waals surface area contributed by atoms with Crippen LogP contribution in [0, 0.1) is 0 Å². The Morgan fingerprint density at radius 3 is 2.60 bits per heavy atom. The predicted octanol–water partition coefficient (Wildman–Crippen LogP) is 2.95. The van der Waals surface area contributed by atoms with E-state index in [0.717, 1.165) is 6.42 Å². The maximum atomic E-state index is 11.4. The molecule has 20 heavy (non-hydrogen) atoms. The highest BCUT2D eigenvalue weighted by molar-refractivity contribution is 5.95. The zero-order valence-electron chi connectivity index (χ0n) is 12.7. The third-order valence-electron chi connectivity index (χ3n) is 2.89. The number of aliphatic hydroxyl groups is 1. The first kappa shape index (κ1) is 18.6. The van der Waals surface area contributed by atoms with Gasteiger partial charge in [0.1, 0.15) is 12.2 Å². The monoisotopic (exact) mass is 282 g/mol. The molecule has 1 atom stereocenters. The first-order valence-electron chi connectivity index (χ1n) is 7.10. The van der Waals surface area contributed by atoms with Crippen LogP contribution in [0.1, 0.15) is 52.4 Å². The third-order valence-corrected chi connectivity index (χ3v) is 2.89. The Morgan fingerprint density at radius 2 is 2.00 bits per heavy atom. The lowest BCUT2D eigenvalue weighted by molar-refractivity contribution is -0.143. The van der Waals surface area contributed by atoms with Crippen LogP contribution in [0.5, 0.6) is 0 Å². The molecule has 4 heteroatoms. The van der Waals surface area contributed by atoms with Gasteiger partial charge in [0.05, 0.1) is 13.2 Å². The van der Waals surface area contributed by atoms with Crippen molar-refractivity contribution in [3.05, 3.63) is 23.8 Å². The van der Waals surface area contributed by atoms with Crippen molar-refractivity contribution >= 4 is 11.8 Å². The number of allylic oxidation sites excluding steroid dienone is 3. The molecule has 0 rings (SSSR count). The van der Waals surface area contributed by atoms with Crippen molar-refractivity contribution in [3.8, 4) is 0 Å². The standard InChI is InChI=1S/C16H26O4/c1-4-5-6-8-13(2)9-7-10-14(17)11-15(18)12-16(19)20-3/h7,9-10,14,17H,4-6,8,11-12H2,1-3H3/b10-7+,13-9+. The van der Waals surface area contributed by atoms with Gasteiger partial charge in [0.2, 0.25) is 0 Å². The minimum Gasteiger partial charge on any atom is -0.469 e. The van der Waals surface area contributed by atoms with E-state index in [1.165, 1.54) is 31.9 Å². The van der Waals surface area contributed by atoms with E-state index in [2.05, 4.69) is 18.6 Å². The number of Topliss-reactive ketones (excluding diaryl/α,β-unsaturated/α-hetero) is 1. The van der Waals surface area contributed by atoms with Gasteiger partial charge in [-0.25, -0.2) is 0 Å². The molecule has 0 fully saturated rings. The minimum absolute atomic E-state index is 0.0612. The number of carbonyl (C=O) groups is 2. The fourth-order valence-electron chi connectivity index (χ4n) is 1.69. The number of aliphatic hydroxyl groups excluding tert-OH is 1. The molecule has 0 heterocycles. The molecule has 0 aromatic rings. The smallest absolute Gasteiger partial charge is 0.313 e. The molecule has 0 aliphatic rings. The number of methoxy groups -OCH3 is 1. The van der Waals surface area contributed by atoms with Gasteiger partial charge in [-0.3, -0.25) is 9.59 Å². The second kappa shape index (κ2) is 11.4. The van der Waals surface area contributed by atoms with Gasteiger partial charge in [0, 0.05) is 6.42 Å². The van der Waals surface area contributed by atoms with E-state index >= 15 is 0 Å². The molecule has 0 saturated heterocycles. The Bertz CT molecular complexity index is 355. The first-order valence-corrected chi connectivity index (χ1v) is 7.10. The maximum Gasteiger partial charge on any atom is 0.313 e. The van der Waals surface area contributed by atoms with Gasteiger partial charge < -0.3 is 9.84 Å². The van der Waals surface area contributed by atoms with Gasteiger partial charge >= 0.3 is 5.97 Å². The molecule has 1 N–H and O–H groups in total. The summed E-state index contributed by atoms with van der Waals surface area (Å²) < 4.78 is 4.39. The van der Waals surface area contributed by atoms with Crippen LogP contribution in [0.25, 0.3) is 0 Å². The Balaban J connectivity index is 4.03. The lowest BCUT2D eigenvalue weighted by Gasteiger charge is -2.03. The molecule has 0 aliphatic heterocycles. The molecule has 0 bridgehead atoms. The average Bonchev–Trinajstić information content (AvgIpc) is 2.38. The molecule has 4 nitrogen and oxygen atoms in total. The van der Waals surface area contributed by atoms with Gasteiger partial charge in [-0.15, -0.1) is 0 Å². The molecule has 0 aliphatic carbocycles. The van der Waals surface area contributed by atoms with E-state index in [1.54, 1.807) is 12.2 Å². The topological polar surface area (TPSA) is 63.6 Å². The number of unbranched alkanes of at least 4 members (excludes halogenated alkanes) is 2. The van der Waals surface area contributed by atoms with Crippen LogP contribution >= 0.6 is 0 Å². The summed E-state index contributed by atoms with van der Waals surface area (Å²) in [6.45, 7) is 4.22. The lowest BCUT2D eigenvalue weighted by Crippen LogP contribution is -2.15. The zero-order valence-corrected chi connectivity index (χ0v) is 12.7. The van der Waals surface area contributed by atoms with Gasteiger partial charge in [0.15, 0.2) is 0 Å². The van der Waals surface area contributed by atoms with Gasteiger partial charge in [-0.05, 0) is 19.8 Å². The van der Waals surface area contributed by atoms with Crippen LogP contribution in [-0.2, 0) is 14.3 Å². The van der Waals surface area contributed by atoms with Crippen LogP contribution in [-0.4, -0.2) is 30.1 Å². The van der Waals surface area contributed by atoms with Crippen LogP contribution < -0.4 is 0 Å². The predicted molar refractivity (Wildman–Crippen MR) is 79.3 cm³/mol. The van der Waals surface area contributed by atoms with E-state index in [4.69, 9.17) is 0 Å². The van der Waals surface area contributed by atoms with Crippen molar-refractivity contribution in [2.75, 3.05) is 7.11 Å². The van der Waals surface area contributed by atoms with Crippen molar-refractivity contribution in [3.63, 3.8) is 0 Å². The number of hydrogen-bond acceptors (Lipinski definition) is 4. The third kappa shape index (κ3) is 10.5. The summed E-state index contributed by atoms with van der Waals surface area (Å²) in [6.07, 6.45) is 8.72. The normalized spacial score (nSPS) is 13.5. The minimum atomic E-state index is -0.855. The van der Waals surface area contributed by atoms with Crippen molar-refractivity contribution in [1.82, 2.24) is 0 Å². The van der Waals surface area contributed by atoms with E-state index in [1.807, 2.05) is 6.08 Å². The summed E-state index contributed by atoms with van der Waals surface area (Å²) in [4.78, 5) is 22.3. The summed E-state index contributed by atoms with van der Waals surface area (Å²) in [6, 6.07) is 0. The fourth-order valence-corrected chi connectivity index (χ4v) is 1.69. The number of rotatable bonds is 10. The Labute approximate surface area is 121 Å². The largest absolute Gasteiger partial charge is 0.469 e. The Hall–Kier alpha value is -1.42. The number of esters is 1. The summed E-state index contributed by atoms with van der Waals surface area (Å²) in [5, 5.41) is 9.64. The number of ether oxygens (including phenoxy) is 1. The van der Waals surface area contributed by atoms with E-state index < -0.39 is 12.1 Å². The highest BCUT2D eigenvalue weighted by Gasteiger charge is 2.12. The van der Waals surface area contributed by atoms with Crippen LogP contribution in [0.15, 0.2) is 23.8 Å². The first-order chi connectivity index (χ1) is 9.49. The summed E-state index contributed by atoms with van der Waals surface area (Å²) >= 11 is 0. The Morgan fingerprint density at radius 1 is 1.30 bits per heavy atom.